The fraction of sp³-hybridized carbons (Fsp3) is 0.562. The Morgan fingerprint density at radius 1 is 1.38 bits per heavy atom. The Labute approximate surface area is 153 Å². The van der Waals surface area contributed by atoms with Crippen LogP contribution in [0.15, 0.2) is 18.3 Å². The minimum absolute atomic E-state index is 0.0304. The average molecular weight is 386 g/mol. The molecule has 140 valence electrons. The molecule has 0 radical (unpaired) electrons. The van der Waals surface area contributed by atoms with Gasteiger partial charge in [-0.3, -0.25) is 14.7 Å². The Morgan fingerprint density at radius 2 is 2.19 bits per heavy atom. The molecule has 1 N–H and O–H groups in total. The molecule has 4 heterocycles. The molecule has 4 rings (SSSR count). The normalized spacial score (nSPS) is 27.3. The number of urea groups is 1. The second-order valence-corrected chi connectivity index (χ2v) is 7.26. The molecule has 26 heavy (non-hydrogen) atoms. The van der Waals surface area contributed by atoms with Gasteiger partial charge in [-0.05, 0) is 24.5 Å². The van der Waals surface area contributed by atoms with Crippen molar-refractivity contribution in [1.29, 1.82) is 0 Å². The van der Waals surface area contributed by atoms with Crippen molar-refractivity contribution in [2.24, 2.45) is 0 Å². The van der Waals surface area contributed by atoms with Gasteiger partial charge in [0.05, 0.1) is 13.1 Å². The SMILES string of the molecule is O=C(C1CCC2NN(Cc3ccc(Cl)nc3)C(=O)N21)N1CCC(F)(F)C1. The minimum atomic E-state index is -2.84. The molecule has 0 saturated carbocycles. The number of hydrogen-bond acceptors (Lipinski definition) is 4. The number of rotatable bonds is 3. The van der Waals surface area contributed by atoms with Crippen LogP contribution in [-0.2, 0) is 11.3 Å². The van der Waals surface area contributed by atoms with Gasteiger partial charge in [0.15, 0.2) is 0 Å². The van der Waals surface area contributed by atoms with Crippen LogP contribution in [0.3, 0.4) is 0 Å². The average Bonchev–Trinajstić information content (AvgIpc) is 3.25. The van der Waals surface area contributed by atoms with Gasteiger partial charge < -0.3 is 4.90 Å². The Hall–Kier alpha value is -2.00. The van der Waals surface area contributed by atoms with Crippen LogP contribution in [0.1, 0.15) is 24.8 Å². The molecular weight excluding hydrogens is 368 g/mol. The van der Waals surface area contributed by atoms with E-state index in [1.807, 2.05) is 0 Å². The predicted octanol–water partition coefficient (Wildman–Crippen LogP) is 1.83. The van der Waals surface area contributed by atoms with E-state index in [0.717, 1.165) is 5.56 Å². The largest absolute Gasteiger partial charge is 0.336 e. The number of nitrogens with one attached hydrogen (secondary N) is 1. The van der Waals surface area contributed by atoms with Crippen molar-refractivity contribution in [1.82, 2.24) is 25.2 Å². The maximum Gasteiger partial charge on any atom is 0.336 e. The Balaban J connectivity index is 1.44. The zero-order valence-electron chi connectivity index (χ0n) is 13.9. The lowest BCUT2D eigenvalue weighted by Gasteiger charge is -2.26. The van der Waals surface area contributed by atoms with Crippen LogP contribution in [0.25, 0.3) is 0 Å². The highest BCUT2D eigenvalue weighted by atomic mass is 35.5. The molecule has 0 aliphatic carbocycles. The molecule has 7 nitrogen and oxygen atoms in total. The van der Waals surface area contributed by atoms with Gasteiger partial charge >= 0.3 is 6.03 Å². The van der Waals surface area contributed by atoms with Gasteiger partial charge in [0.25, 0.3) is 5.92 Å². The van der Waals surface area contributed by atoms with E-state index >= 15 is 0 Å². The van der Waals surface area contributed by atoms with Crippen molar-refractivity contribution in [3.63, 3.8) is 0 Å². The van der Waals surface area contributed by atoms with Crippen molar-refractivity contribution in [2.75, 3.05) is 13.1 Å². The molecule has 3 fully saturated rings. The number of alkyl halides is 2. The summed E-state index contributed by atoms with van der Waals surface area (Å²) in [6.45, 7) is -0.260. The minimum Gasteiger partial charge on any atom is -0.335 e. The highest BCUT2D eigenvalue weighted by molar-refractivity contribution is 6.29. The zero-order valence-corrected chi connectivity index (χ0v) is 14.6. The lowest BCUT2D eigenvalue weighted by Crippen LogP contribution is -2.48. The van der Waals surface area contributed by atoms with Gasteiger partial charge in [-0.25, -0.2) is 24.0 Å². The summed E-state index contributed by atoms with van der Waals surface area (Å²) in [6, 6.07) is 2.38. The molecule has 0 bridgehead atoms. The number of hydrazine groups is 1. The first-order valence-corrected chi connectivity index (χ1v) is 8.85. The Morgan fingerprint density at radius 3 is 2.85 bits per heavy atom. The summed E-state index contributed by atoms with van der Waals surface area (Å²) in [7, 11) is 0. The number of fused-ring (bicyclic) bond motifs is 1. The third-order valence-electron chi connectivity index (χ3n) is 5.04. The number of nitrogens with zero attached hydrogens (tertiary/aromatic N) is 4. The third kappa shape index (κ3) is 3.09. The zero-order chi connectivity index (χ0) is 18.5. The van der Waals surface area contributed by atoms with E-state index in [2.05, 4.69) is 10.4 Å². The lowest BCUT2D eigenvalue weighted by atomic mass is 10.2. The molecule has 1 aromatic rings. The van der Waals surface area contributed by atoms with Gasteiger partial charge in [0.1, 0.15) is 17.4 Å². The topological polar surface area (TPSA) is 68.8 Å². The number of carbonyl (C=O) groups is 2. The molecule has 2 unspecified atom stereocenters. The lowest BCUT2D eigenvalue weighted by molar-refractivity contribution is -0.135. The maximum absolute atomic E-state index is 13.4. The molecule has 3 saturated heterocycles. The molecule has 10 heteroatoms. The van der Waals surface area contributed by atoms with Crippen molar-refractivity contribution in [2.45, 2.75) is 43.9 Å². The monoisotopic (exact) mass is 385 g/mol. The van der Waals surface area contributed by atoms with Crippen LogP contribution in [0, 0.1) is 0 Å². The number of aromatic nitrogens is 1. The number of amides is 3. The number of likely N-dealkylation sites (tertiary alicyclic amines) is 1. The van der Waals surface area contributed by atoms with Gasteiger partial charge in [0, 0.05) is 19.2 Å². The summed E-state index contributed by atoms with van der Waals surface area (Å²) >= 11 is 5.76. The standard InChI is InChI=1S/C16H18ClF2N5O2/c17-12-3-1-10(7-20-12)8-23-15(26)24-11(2-4-13(24)21-23)14(25)22-6-5-16(18,19)9-22/h1,3,7,11,13,21H,2,4-6,8-9H2. The summed E-state index contributed by atoms with van der Waals surface area (Å²) in [6.07, 6.45) is 2.04. The molecule has 1 aromatic heterocycles. The molecule has 3 aliphatic rings. The van der Waals surface area contributed by atoms with E-state index in [0.29, 0.717) is 18.0 Å². The molecule has 3 amide bonds. The first-order chi connectivity index (χ1) is 12.3. The molecule has 0 aromatic carbocycles. The van der Waals surface area contributed by atoms with Crippen LogP contribution in [0.2, 0.25) is 5.15 Å². The first kappa shape index (κ1) is 17.4. The summed E-state index contributed by atoms with van der Waals surface area (Å²) in [4.78, 5) is 32.0. The van der Waals surface area contributed by atoms with Crippen LogP contribution >= 0.6 is 11.6 Å². The maximum atomic E-state index is 13.4. The second-order valence-electron chi connectivity index (χ2n) is 6.87. The van der Waals surface area contributed by atoms with Crippen LogP contribution in [0.4, 0.5) is 13.6 Å². The number of hydrogen-bond donors (Lipinski definition) is 1. The van der Waals surface area contributed by atoms with Crippen LogP contribution < -0.4 is 5.43 Å². The molecule has 0 spiro atoms. The Bertz CT molecular complexity index is 732. The smallest absolute Gasteiger partial charge is 0.335 e. The van der Waals surface area contributed by atoms with Crippen LogP contribution in [0.5, 0.6) is 0 Å². The fourth-order valence-electron chi connectivity index (χ4n) is 3.75. The fourth-order valence-corrected chi connectivity index (χ4v) is 3.86. The second kappa shape index (κ2) is 6.31. The van der Waals surface area contributed by atoms with E-state index in [-0.39, 0.29) is 31.7 Å². The first-order valence-electron chi connectivity index (χ1n) is 8.47. The van der Waals surface area contributed by atoms with Crippen molar-refractivity contribution in [3.8, 4) is 0 Å². The van der Waals surface area contributed by atoms with E-state index in [4.69, 9.17) is 11.6 Å². The number of pyridine rings is 1. The van der Waals surface area contributed by atoms with Crippen LogP contribution in [-0.4, -0.2) is 63.0 Å². The summed E-state index contributed by atoms with van der Waals surface area (Å²) in [5.41, 5.74) is 3.88. The third-order valence-corrected chi connectivity index (χ3v) is 5.26. The summed E-state index contributed by atoms with van der Waals surface area (Å²) in [5, 5.41) is 1.79. The highest BCUT2D eigenvalue weighted by Crippen LogP contribution is 2.33. The number of halogens is 3. The molecule has 2 atom stereocenters. The van der Waals surface area contributed by atoms with Gasteiger partial charge in [-0.15, -0.1) is 0 Å². The van der Waals surface area contributed by atoms with Crippen molar-refractivity contribution >= 4 is 23.5 Å². The highest BCUT2D eigenvalue weighted by Gasteiger charge is 2.51. The number of carbonyl (C=O) groups excluding carboxylic acids is 2. The summed E-state index contributed by atoms with van der Waals surface area (Å²) in [5.74, 6) is -3.23. The van der Waals surface area contributed by atoms with Gasteiger partial charge in [0.2, 0.25) is 5.91 Å². The van der Waals surface area contributed by atoms with Crippen molar-refractivity contribution in [3.05, 3.63) is 29.0 Å². The van der Waals surface area contributed by atoms with E-state index < -0.39 is 24.4 Å². The van der Waals surface area contributed by atoms with Gasteiger partial charge in [-0.1, -0.05) is 17.7 Å². The van der Waals surface area contributed by atoms with Crippen molar-refractivity contribution < 1.29 is 18.4 Å². The van der Waals surface area contributed by atoms with E-state index in [9.17, 15) is 18.4 Å². The Kier molecular flexibility index (Phi) is 4.23. The van der Waals surface area contributed by atoms with E-state index in [1.54, 1.807) is 18.3 Å². The predicted molar refractivity (Wildman–Crippen MR) is 88.1 cm³/mol. The van der Waals surface area contributed by atoms with Gasteiger partial charge in [-0.2, -0.15) is 0 Å². The molecular formula is C16H18ClF2N5O2. The quantitative estimate of drug-likeness (QED) is 0.806. The summed E-state index contributed by atoms with van der Waals surface area (Å²) < 4.78 is 26.8. The molecule has 3 aliphatic heterocycles. The van der Waals surface area contributed by atoms with E-state index in [1.165, 1.54) is 14.8 Å².